The number of hydrogen-bond donors (Lipinski definition) is 2. The zero-order valence-corrected chi connectivity index (χ0v) is 22.2. The number of methoxy groups -OCH3 is 1. The van der Waals surface area contributed by atoms with E-state index < -0.39 is 17.3 Å². The van der Waals surface area contributed by atoms with Crippen molar-refractivity contribution in [2.24, 2.45) is 11.1 Å². The molecule has 1 unspecified atom stereocenters. The summed E-state index contributed by atoms with van der Waals surface area (Å²) >= 11 is 1.50. The van der Waals surface area contributed by atoms with Crippen LogP contribution < -0.4 is 0 Å². The maximum Gasteiger partial charge on any atom is 0.416 e. The molecule has 0 spiro atoms. The van der Waals surface area contributed by atoms with E-state index in [0.717, 1.165) is 54.4 Å². The number of carbonyl (C=O) groups is 1. The van der Waals surface area contributed by atoms with Crippen LogP contribution in [0.1, 0.15) is 72.4 Å². The van der Waals surface area contributed by atoms with E-state index in [1.807, 2.05) is 0 Å². The average molecular weight is 554 g/mol. The molecule has 1 atom stereocenters. The van der Waals surface area contributed by atoms with Crippen LogP contribution in [-0.2, 0) is 27.9 Å². The van der Waals surface area contributed by atoms with Crippen LogP contribution in [0.4, 0.5) is 13.2 Å². The van der Waals surface area contributed by atoms with Gasteiger partial charge in [0.25, 0.3) is 0 Å². The summed E-state index contributed by atoms with van der Waals surface area (Å²) in [5.41, 5.74) is -1.44. The van der Waals surface area contributed by atoms with Gasteiger partial charge >= 0.3 is 6.18 Å². The molecule has 2 aromatic rings. The Balaban J connectivity index is 1.23. The summed E-state index contributed by atoms with van der Waals surface area (Å²) in [6.07, 6.45) is 1.87. The predicted octanol–water partition coefficient (Wildman–Crippen LogP) is 5.38. The first-order valence-electron chi connectivity index (χ1n) is 12.9. The van der Waals surface area contributed by atoms with Gasteiger partial charge in [-0.1, -0.05) is 17.3 Å². The van der Waals surface area contributed by atoms with Crippen molar-refractivity contribution >= 4 is 22.8 Å². The van der Waals surface area contributed by atoms with Gasteiger partial charge in [0.2, 0.25) is 0 Å². The van der Waals surface area contributed by atoms with Gasteiger partial charge < -0.3 is 20.0 Å². The number of nitrogens with zero attached hydrogens (tertiary/aromatic N) is 3. The number of aliphatic hydroxyl groups is 1. The standard InChI is InChI=1S/C27H34F3N3O4S/c1-37-17-25-31-15-24(38-25)26(35)10-7-21(8-11-26)33-12-9-18(16-33)13-22(34)5-6-23(32-36)19-3-2-4-20(14-19)27(28,29)30/h2-4,14-15,18,21,35-36H,5-13,16-17H2,1H3/b32-23+. The predicted molar refractivity (Wildman–Crippen MR) is 137 cm³/mol. The number of benzene rings is 1. The van der Waals surface area contributed by atoms with Gasteiger partial charge in [0, 0.05) is 45.2 Å². The lowest BCUT2D eigenvalue weighted by molar-refractivity contribution is -0.137. The molecule has 1 aliphatic heterocycles. The maximum absolute atomic E-state index is 13.0. The first kappa shape index (κ1) is 28.7. The van der Waals surface area contributed by atoms with Crippen molar-refractivity contribution in [3.63, 3.8) is 0 Å². The number of ether oxygens (including phenoxy) is 1. The Bertz CT molecular complexity index is 1130. The summed E-state index contributed by atoms with van der Waals surface area (Å²) in [6.45, 7) is 2.17. The normalized spacial score (nSPS) is 25.1. The summed E-state index contributed by atoms with van der Waals surface area (Å²) < 4.78 is 44.2. The summed E-state index contributed by atoms with van der Waals surface area (Å²) in [5.74, 6) is 0.240. The number of alkyl halides is 3. The molecule has 2 N–H and O–H groups in total. The molecule has 0 radical (unpaired) electrons. The Kier molecular flexibility index (Phi) is 9.23. The lowest BCUT2D eigenvalue weighted by Gasteiger charge is -2.39. The van der Waals surface area contributed by atoms with Gasteiger partial charge in [-0.05, 0) is 62.3 Å². The molecular weight excluding hydrogens is 519 g/mol. The fourth-order valence-corrected chi connectivity index (χ4v) is 6.61. The van der Waals surface area contributed by atoms with Gasteiger partial charge in [0.15, 0.2) is 0 Å². The SMILES string of the molecule is COCc1ncc(C2(O)CCC(N3CCC(CC(=O)CC/C(=N\O)c4cccc(C(F)(F)F)c4)C3)CC2)s1. The Morgan fingerprint density at radius 2 is 2.03 bits per heavy atom. The van der Waals surface area contributed by atoms with E-state index in [0.29, 0.717) is 31.9 Å². The highest BCUT2D eigenvalue weighted by molar-refractivity contribution is 7.11. The number of likely N-dealkylation sites (tertiary alicyclic amines) is 1. The third kappa shape index (κ3) is 6.99. The number of thiazole rings is 1. The molecular formula is C27H34F3N3O4S. The van der Waals surface area contributed by atoms with Crippen LogP contribution in [-0.4, -0.2) is 57.9 Å². The Morgan fingerprint density at radius 1 is 1.26 bits per heavy atom. The van der Waals surface area contributed by atoms with Gasteiger partial charge in [-0.3, -0.25) is 4.79 Å². The van der Waals surface area contributed by atoms with Crippen molar-refractivity contribution in [2.45, 2.75) is 75.8 Å². The minimum absolute atomic E-state index is 0.0139. The molecule has 2 fully saturated rings. The molecule has 4 rings (SSSR count). The summed E-state index contributed by atoms with van der Waals surface area (Å²) in [6, 6.07) is 4.98. The molecule has 1 saturated heterocycles. The highest BCUT2D eigenvalue weighted by Gasteiger charge is 2.39. The minimum atomic E-state index is -4.49. The lowest BCUT2D eigenvalue weighted by Crippen LogP contribution is -2.41. The number of carbonyl (C=O) groups excluding carboxylic acids is 1. The monoisotopic (exact) mass is 553 g/mol. The van der Waals surface area contributed by atoms with Gasteiger partial charge in [-0.25, -0.2) is 4.98 Å². The van der Waals surface area contributed by atoms with Crippen LogP contribution in [0.2, 0.25) is 0 Å². The smallest absolute Gasteiger partial charge is 0.411 e. The zero-order chi connectivity index (χ0) is 27.3. The molecule has 7 nitrogen and oxygen atoms in total. The molecule has 1 aliphatic carbocycles. The molecule has 2 aliphatic rings. The van der Waals surface area contributed by atoms with Gasteiger partial charge in [0.05, 0.1) is 22.8 Å². The van der Waals surface area contributed by atoms with Crippen LogP contribution in [0.3, 0.4) is 0 Å². The highest BCUT2D eigenvalue weighted by Crippen LogP contribution is 2.42. The molecule has 1 aromatic carbocycles. The van der Waals surface area contributed by atoms with Crippen molar-refractivity contribution in [1.29, 1.82) is 0 Å². The number of hydrogen-bond acceptors (Lipinski definition) is 8. The van der Waals surface area contributed by atoms with Crippen LogP contribution in [0.25, 0.3) is 0 Å². The summed E-state index contributed by atoms with van der Waals surface area (Å²) in [7, 11) is 1.62. The van der Waals surface area contributed by atoms with Crippen LogP contribution in [0.15, 0.2) is 35.6 Å². The van der Waals surface area contributed by atoms with Crippen LogP contribution >= 0.6 is 11.3 Å². The first-order chi connectivity index (χ1) is 18.1. The Labute approximate surface area is 224 Å². The Hall–Kier alpha value is -2.34. The topological polar surface area (TPSA) is 95.3 Å². The molecule has 1 aromatic heterocycles. The highest BCUT2D eigenvalue weighted by atomic mass is 32.1. The summed E-state index contributed by atoms with van der Waals surface area (Å²) in [4.78, 5) is 20.3. The van der Waals surface area contributed by atoms with E-state index in [2.05, 4.69) is 15.0 Å². The molecule has 0 bridgehead atoms. The maximum atomic E-state index is 13.0. The lowest BCUT2D eigenvalue weighted by atomic mass is 9.81. The van der Waals surface area contributed by atoms with Crippen molar-refractivity contribution in [3.8, 4) is 0 Å². The van der Waals surface area contributed by atoms with Crippen LogP contribution in [0.5, 0.6) is 0 Å². The molecule has 11 heteroatoms. The second kappa shape index (κ2) is 12.2. The van der Waals surface area contributed by atoms with Crippen LogP contribution in [0, 0.1) is 5.92 Å². The number of ketones is 1. The van der Waals surface area contributed by atoms with E-state index in [1.54, 1.807) is 13.3 Å². The molecule has 2 heterocycles. The molecule has 0 amide bonds. The number of rotatable bonds is 10. The molecule has 1 saturated carbocycles. The number of oxime groups is 1. The quantitative estimate of drug-likeness (QED) is 0.233. The van der Waals surface area contributed by atoms with Crippen molar-refractivity contribution in [3.05, 3.63) is 51.5 Å². The number of Topliss-reactive ketones (excluding diaryl/α,β-unsaturated/α-hetero) is 1. The van der Waals surface area contributed by atoms with Gasteiger partial charge in [0.1, 0.15) is 16.4 Å². The van der Waals surface area contributed by atoms with E-state index in [4.69, 9.17) is 4.74 Å². The second-order valence-corrected chi connectivity index (χ2v) is 11.4. The molecule has 38 heavy (non-hydrogen) atoms. The number of aromatic nitrogens is 1. The molecule has 208 valence electrons. The van der Waals surface area contributed by atoms with E-state index in [9.17, 15) is 28.3 Å². The van der Waals surface area contributed by atoms with Crippen molar-refractivity contribution < 1.29 is 33.0 Å². The largest absolute Gasteiger partial charge is 0.416 e. The Morgan fingerprint density at radius 3 is 2.71 bits per heavy atom. The third-order valence-corrected chi connectivity index (χ3v) is 8.86. The van der Waals surface area contributed by atoms with E-state index in [-0.39, 0.29) is 35.8 Å². The number of halogens is 3. The minimum Gasteiger partial charge on any atom is -0.411 e. The van der Waals surface area contributed by atoms with Crippen molar-refractivity contribution in [1.82, 2.24) is 9.88 Å². The van der Waals surface area contributed by atoms with Crippen molar-refractivity contribution in [2.75, 3.05) is 20.2 Å². The fraction of sp³-hybridized carbons (Fsp3) is 0.593. The zero-order valence-electron chi connectivity index (χ0n) is 21.4. The second-order valence-electron chi connectivity index (χ2n) is 10.3. The average Bonchev–Trinajstić information content (AvgIpc) is 3.55. The first-order valence-corrected chi connectivity index (χ1v) is 13.7. The fourth-order valence-electron chi connectivity index (χ4n) is 5.58. The van der Waals surface area contributed by atoms with E-state index in [1.165, 1.54) is 23.5 Å². The van der Waals surface area contributed by atoms with Gasteiger partial charge in [-0.15, -0.1) is 11.3 Å². The third-order valence-electron chi connectivity index (χ3n) is 7.70. The van der Waals surface area contributed by atoms with Gasteiger partial charge in [-0.2, -0.15) is 13.2 Å². The van der Waals surface area contributed by atoms with E-state index >= 15 is 0 Å². The summed E-state index contributed by atoms with van der Waals surface area (Å²) in [5, 5.41) is 24.6.